The summed E-state index contributed by atoms with van der Waals surface area (Å²) >= 11 is 6.93. The Morgan fingerprint density at radius 2 is 1.75 bits per heavy atom. The lowest BCUT2D eigenvalue weighted by Crippen LogP contribution is -2.13. The highest BCUT2D eigenvalue weighted by Gasteiger charge is 2.08. The van der Waals surface area contributed by atoms with Crippen molar-refractivity contribution in [3.05, 3.63) is 62.3 Å². The molecule has 20 heavy (non-hydrogen) atoms. The predicted octanol–water partition coefficient (Wildman–Crippen LogP) is 4.65. The number of nitrogens with one attached hydrogen (secondary N) is 1. The van der Waals surface area contributed by atoms with Crippen LogP contribution in [0.25, 0.3) is 0 Å². The van der Waals surface area contributed by atoms with Crippen molar-refractivity contribution in [1.29, 1.82) is 0 Å². The largest absolute Gasteiger partial charge is 0.494 e. The zero-order valence-corrected chi connectivity index (χ0v) is 14.1. The minimum Gasteiger partial charge on any atom is -0.494 e. The van der Waals surface area contributed by atoms with Gasteiger partial charge in [-0.3, -0.25) is 0 Å². The second-order valence-electron chi connectivity index (χ2n) is 4.29. The summed E-state index contributed by atoms with van der Waals surface area (Å²) in [6.45, 7) is 1.14. The van der Waals surface area contributed by atoms with Crippen LogP contribution >= 0.6 is 31.9 Å². The number of halogens is 3. The zero-order chi connectivity index (χ0) is 14.5. The molecular formula is C15H14Br2FNO. The van der Waals surface area contributed by atoms with Crippen molar-refractivity contribution in [1.82, 2.24) is 5.32 Å². The third-order valence-corrected chi connectivity index (χ3v) is 4.04. The van der Waals surface area contributed by atoms with Crippen LogP contribution in [-0.4, -0.2) is 7.11 Å². The summed E-state index contributed by atoms with van der Waals surface area (Å²) in [6.07, 6.45) is 0. The number of hydrogen-bond donors (Lipinski definition) is 1. The standard InChI is InChI=1S/C15H14Br2FNO/c1-20-15-12(16)6-10(7-13(15)17)8-19-9-11-4-2-3-5-14(11)18/h2-7,19H,8-9H2,1H3. The second-order valence-corrected chi connectivity index (χ2v) is 6.00. The average molecular weight is 403 g/mol. The van der Waals surface area contributed by atoms with Crippen molar-refractivity contribution < 1.29 is 9.13 Å². The van der Waals surface area contributed by atoms with E-state index in [0.717, 1.165) is 20.3 Å². The van der Waals surface area contributed by atoms with Crippen LogP contribution in [0.2, 0.25) is 0 Å². The summed E-state index contributed by atoms with van der Waals surface area (Å²) in [4.78, 5) is 0. The van der Waals surface area contributed by atoms with Gasteiger partial charge >= 0.3 is 0 Å². The molecule has 0 aliphatic heterocycles. The van der Waals surface area contributed by atoms with E-state index in [0.29, 0.717) is 18.7 Å². The summed E-state index contributed by atoms with van der Waals surface area (Å²) in [5, 5.41) is 3.23. The van der Waals surface area contributed by atoms with E-state index in [4.69, 9.17) is 4.74 Å². The van der Waals surface area contributed by atoms with E-state index in [9.17, 15) is 4.39 Å². The third-order valence-electron chi connectivity index (χ3n) is 2.86. The first kappa shape index (κ1) is 15.5. The highest BCUT2D eigenvalue weighted by molar-refractivity contribution is 9.11. The van der Waals surface area contributed by atoms with E-state index in [1.165, 1.54) is 6.07 Å². The van der Waals surface area contributed by atoms with Crippen molar-refractivity contribution >= 4 is 31.9 Å². The Morgan fingerprint density at radius 3 is 2.35 bits per heavy atom. The molecular weight excluding hydrogens is 389 g/mol. The van der Waals surface area contributed by atoms with Crippen LogP contribution < -0.4 is 10.1 Å². The van der Waals surface area contributed by atoms with Crippen molar-refractivity contribution in [2.75, 3.05) is 7.11 Å². The van der Waals surface area contributed by atoms with Gasteiger partial charge in [-0.05, 0) is 55.6 Å². The molecule has 0 aliphatic rings. The van der Waals surface area contributed by atoms with Gasteiger partial charge < -0.3 is 10.1 Å². The maximum atomic E-state index is 13.5. The van der Waals surface area contributed by atoms with Gasteiger partial charge in [0.15, 0.2) is 0 Å². The van der Waals surface area contributed by atoms with Crippen LogP contribution in [-0.2, 0) is 13.1 Å². The van der Waals surface area contributed by atoms with Gasteiger partial charge in [0.1, 0.15) is 11.6 Å². The summed E-state index contributed by atoms with van der Waals surface area (Å²) in [6, 6.07) is 10.7. The lowest BCUT2D eigenvalue weighted by atomic mass is 10.2. The van der Waals surface area contributed by atoms with Gasteiger partial charge in [0.2, 0.25) is 0 Å². The molecule has 2 rings (SSSR count). The zero-order valence-electron chi connectivity index (χ0n) is 10.9. The lowest BCUT2D eigenvalue weighted by Gasteiger charge is -2.10. The Labute approximate surface area is 134 Å². The maximum absolute atomic E-state index is 13.5. The molecule has 0 spiro atoms. The molecule has 0 aliphatic carbocycles. The average Bonchev–Trinajstić information content (AvgIpc) is 2.41. The minimum atomic E-state index is -0.183. The Hall–Kier alpha value is -0.910. The summed E-state index contributed by atoms with van der Waals surface area (Å²) in [5.41, 5.74) is 1.75. The fourth-order valence-electron chi connectivity index (χ4n) is 1.89. The van der Waals surface area contributed by atoms with Crippen molar-refractivity contribution in [2.24, 2.45) is 0 Å². The summed E-state index contributed by atoms with van der Waals surface area (Å²) in [5.74, 6) is 0.583. The molecule has 0 unspecified atom stereocenters. The first-order chi connectivity index (χ1) is 9.61. The van der Waals surface area contributed by atoms with E-state index in [2.05, 4.69) is 37.2 Å². The van der Waals surface area contributed by atoms with E-state index in [1.54, 1.807) is 19.2 Å². The number of benzene rings is 2. The van der Waals surface area contributed by atoms with E-state index in [1.807, 2.05) is 18.2 Å². The predicted molar refractivity (Wildman–Crippen MR) is 85.3 cm³/mol. The Kier molecular flexibility index (Phi) is 5.57. The van der Waals surface area contributed by atoms with E-state index in [-0.39, 0.29) is 5.82 Å². The van der Waals surface area contributed by atoms with E-state index >= 15 is 0 Å². The molecule has 0 heterocycles. The molecule has 2 aromatic rings. The molecule has 106 valence electrons. The van der Waals surface area contributed by atoms with Gasteiger partial charge in [0.25, 0.3) is 0 Å². The molecule has 2 nitrogen and oxygen atoms in total. The first-order valence-electron chi connectivity index (χ1n) is 6.08. The van der Waals surface area contributed by atoms with Crippen LogP contribution in [0.4, 0.5) is 4.39 Å². The molecule has 1 N–H and O–H groups in total. The Balaban J connectivity index is 2.00. The van der Waals surface area contributed by atoms with Crippen LogP contribution in [0.1, 0.15) is 11.1 Å². The molecule has 5 heteroatoms. The number of hydrogen-bond acceptors (Lipinski definition) is 2. The van der Waals surface area contributed by atoms with E-state index < -0.39 is 0 Å². The molecule has 0 amide bonds. The van der Waals surface area contributed by atoms with Crippen molar-refractivity contribution in [2.45, 2.75) is 13.1 Å². The molecule has 0 atom stereocenters. The van der Waals surface area contributed by atoms with Crippen molar-refractivity contribution in [3.8, 4) is 5.75 Å². The highest BCUT2D eigenvalue weighted by Crippen LogP contribution is 2.34. The number of ether oxygens (including phenoxy) is 1. The van der Waals surface area contributed by atoms with Crippen LogP contribution in [0.15, 0.2) is 45.3 Å². The highest BCUT2D eigenvalue weighted by atomic mass is 79.9. The van der Waals surface area contributed by atoms with Gasteiger partial charge in [-0.1, -0.05) is 18.2 Å². The second kappa shape index (κ2) is 7.20. The minimum absolute atomic E-state index is 0.183. The third kappa shape index (κ3) is 3.81. The topological polar surface area (TPSA) is 21.3 Å². The normalized spacial score (nSPS) is 10.6. The smallest absolute Gasteiger partial charge is 0.147 e. The van der Waals surface area contributed by atoms with Crippen LogP contribution in [0.5, 0.6) is 5.75 Å². The quantitative estimate of drug-likeness (QED) is 0.785. The Bertz CT molecular complexity index is 581. The molecule has 0 bridgehead atoms. The van der Waals surface area contributed by atoms with Crippen LogP contribution in [0.3, 0.4) is 0 Å². The van der Waals surface area contributed by atoms with Gasteiger partial charge in [0.05, 0.1) is 16.1 Å². The fourth-order valence-corrected chi connectivity index (χ4v) is 3.50. The monoisotopic (exact) mass is 401 g/mol. The molecule has 0 aromatic heterocycles. The molecule has 2 aromatic carbocycles. The fraction of sp³-hybridized carbons (Fsp3) is 0.200. The van der Waals surface area contributed by atoms with Gasteiger partial charge in [0, 0.05) is 18.7 Å². The van der Waals surface area contributed by atoms with Gasteiger partial charge in [-0.15, -0.1) is 0 Å². The maximum Gasteiger partial charge on any atom is 0.147 e. The number of methoxy groups -OCH3 is 1. The lowest BCUT2D eigenvalue weighted by molar-refractivity contribution is 0.409. The summed E-state index contributed by atoms with van der Waals surface area (Å²) in [7, 11) is 1.63. The number of rotatable bonds is 5. The van der Waals surface area contributed by atoms with Gasteiger partial charge in [-0.2, -0.15) is 0 Å². The summed E-state index contributed by atoms with van der Waals surface area (Å²) < 4.78 is 20.5. The molecule has 0 radical (unpaired) electrons. The molecule has 0 fully saturated rings. The SMILES string of the molecule is COc1c(Br)cc(CNCc2ccccc2F)cc1Br. The molecule has 0 saturated heterocycles. The van der Waals surface area contributed by atoms with Crippen LogP contribution in [0, 0.1) is 5.82 Å². The van der Waals surface area contributed by atoms with Gasteiger partial charge in [-0.25, -0.2) is 4.39 Å². The first-order valence-corrected chi connectivity index (χ1v) is 7.66. The molecule has 0 saturated carbocycles. The Morgan fingerprint density at radius 1 is 1.10 bits per heavy atom. The van der Waals surface area contributed by atoms with Crippen molar-refractivity contribution in [3.63, 3.8) is 0 Å².